The summed E-state index contributed by atoms with van der Waals surface area (Å²) in [7, 11) is -3.56. The summed E-state index contributed by atoms with van der Waals surface area (Å²) < 4.78 is 29.5. The normalized spacial score (nSPS) is 16.2. The second kappa shape index (κ2) is 8.94. The Morgan fingerprint density at radius 1 is 1.29 bits per heavy atom. The first-order valence-corrected chi connectivity index (χ1v) is 11.7. The molecule has 3 rings (SSSR count). The SMILES string of the molecule is CCn1cc(Br)c(CNC(=O)C2CCN(S(=O)(=O)c3ccc(Cl)cc3)CC2)n1. The van der Waals surface area contributed by atoms with Gasteiger partial charge in [-0.2, -0.15) is 9.40 Å². The van der Waals surface area contributed by atoms with E-state index in [9.17, 15) is 13.2 Å². The largest absolute Gasteiger partial charge is 0.350 e. The summed E-state index contributed by atoms with van der Waals surface area (Å²) in [4.78, 5) is 12.7. The molecule has 1 saturated heterocycles. The Bertz CT molecular complexity index is 938. The second-order valence-electron chi connectivity index (χ2n) is 6.63. The van der Waals surface area contributed by atoms with Gasteiger partial charge in [-0.1, -0.05) is 11.6 Å². The van der Waals surface area contributed by atoms with Gasteiger partial charge in [-0.3, -0.25) is 9.48 Å². The van der Waals surface area contributed by atoms with Gasteiger partial charge in [-0.25, -0.2) is 8.42 Å². The van der Waals surface area contributed by atoms with Crippen molar-refractivity contribution in [2.24, 2.45) is 5.92 Å². The molecule has 2 aromatic rings. The molecule has 1 aliphatic heterocycles. The number of amides is 1. The van der Waals surface area contributed by atoms with E-state index in [4.69, 9.17) is 11.6 Å². The van der Waals surface area contributed by atoms with Gasteiger partial charge >= 0.3 is 0 Å². The lowest BCUT2D eigenvalue weighted by molar-refractivity contribution is -0.126. The van der Waals surface area contributed by atoms with Crippen LogP contribution in [-0.2, 0) is 27.9 Å². The van der Waals surface area contributed by atoms with Crippen LogP contribution < -0.4 is 5.32 Å². The number of nitrogens with zero attached hydrogens (tertiary/aromatic N) is 3. The zero-order chi connectivity index (χ0) is 20.3. The van der Waals surface area contributed by atoms with Crippen molar-refractivity contribution >= 4 is 43.5 Å². The number of hydrogen-bond acceptors (Lipinski definition) is 4. The maximum atomic E-state index is 12.7. The monoisotopic (exact) mass is 488 g/mol. The van der Waals surface area contributed by atoms with E-state index in [1.54, 1.807) is 16.8 Å². The van der Waals surface area contributed by atoms with Crippen LogP contribution in [0.2, 0.25) is 5.02 Å². The molecule has 7 nitrogen and oxygen atoms in total. The van der Waals surface area contributed by atoms with Crippen LogP contribution >= 0.6 is 27.5 Å². The van der Waals surface area contributed by atoms with Crippen molar-refractivity contribution in [3.05, 3.63) is 45.7 Å². The molecule has 1 aromatic heterocycles. The maximum absolute atomic E-state index is 12.7. The molecule has 0 spiro atoms. The number of piperidine rings is 1. The third kappa shape index (κ3) is 4.76. The zero-order valence-electron chi connectivity index (χ0n) is 15.4. The number of hydrogen-bond donors (Lipinski definition) is 1. The number of aryl methyl sites for hydroxylation is 1. The molecule has 1 fully saturated rings. The van der Waals surface area contributed by atoms with Crippen molar-refractivity contribution in [2.75, 3.05) is 13.1 Å². The summed E-state index contributed by atoms with van der Waals surface area (Å²) in [5.41, 5.74) is 0.776. The van der Waals surface area contributed by atoms with Crippen molar-refractivity contribution in [2.45, 2.75) is 37.8 Å². The molecule has 0 radical (unpaired) electrons. The van der Waals surface area contributed by atoms with E-state index in [0.717, 1.165) is 16.7 Å². The first-order chi connectivity index (χ1) is 13.3. The molecule has 0 aliphatic carbocycles. The molecule has 152 valence electrons. The molecule has 1 aliphatic rings. The number of nitrogens with one attached hydrogen (secondary N) is 1. The molecular formula is C18H22BrClN4O3S. The Morgan fingerprint density at radius 3 is 2.50 bits per heavy atom. The minimum atomic E-state index is -3.56. The molecule has 10 heteroatoms. The number of carbonyl (C=O) groups excluding carboxylic acids is 1. The first-order valence-electron chi connectivity index (χ1n) is 9.06. The lowest BCUT2D eigenvalue weighted by Gasteiger charge is -2.30. The Balaban J connectivity index is 1.55. The highest BCUT2D eigenvalue weighted by Gasteiger charge is 2.32. The van der Waals surface area contributed by atoms with Crippen LogP contribution in [0.4, 0.5) is 0 Å². The lowest BCUT2D eigenvalue weighted by atomic mass is 9.97. The molecule has 1 amide bonds. The van der Waals surface area contributed by atoms with E-state index >= 15 is 0 Å². The van der Waals surface area contributed by atoms with E-state index in [0.29, 0.717) is 37.5 Å². The number of aromatic nitrogens is 2. The van der Waals surface area contributed by atoms with Crippen molar-refractivity contribution in [3.63, 3.8) is 0 Å². The highest BCUT2D eigenvalue weighted by atomic mass is 79.9. The van der Waals surface area contributed by atoms with Crippen LogP contribution in [-0.4, -0.2) is 41.5 Å². The molecule has 0 unspecified atom stereocenters. The third-order valence-electron chi connectivity index (χ3n) is 4.82. The van der Waals surface area contributed by atoms with Gasteiger partial charge in [0.15, 0.2) is 0 Å². The van der Waals surface area contributed by atoms with Gasteiger partial charge in [0.05, 0.1) is 21.6 Å². The average Bonchev–Trinajstić information content (AvgIpc) is 3.06. The van der Waals surface area contributed by atoms with Gasteiger partial charge in [0.2, 0.25) is 15.9 Å². The lowest BCUT2D eigenvalue weighted by Crippen LogP contribution is -2.42. The van der Waals surface area contributed by atoms with E-state index < -0.39 is 10.0 Å². The quantitative estimate of drug-likeness (QED) is 0.676. The van der Waals surface area contributed by atoms with Gasteiger partial charge < -0.3 is 5.32 Å². The van der Waals surface area contributed by atoms with Crippen molar-refractivity contribution in [3.8, 4) is 0 Å². The molecule has 0 saturated carbocycles. The molecule has 2 heterocycles. The highest BCUT2D eigenvalue weighted by molar-refractivity contribution is 9.10. The van der Waals surface area contributed by atoms with Crippen LogP contribution in [0, 0.1) is 5.92 Å². The molecule has 1 aromatic carbocycles. The predicted molar refractivity (Wildman–Crippen MR) is 110 cm³/mol. The van der Waals surface area contributed by atoms with Crippen molar-refractivity contribution in [1.29, 1.82) is 0 Å². The number of sulfonamides is 1. The van der Waals surface area contributed by atoms with Gasteiger partial charge in [0, 0.05) is 36.8 Å². The standard InChI is InChI=1S/C18H22BrClN4O3S/c1-2-23-12-16(19)17(22-23)11-21-18(25)13-7-9-24(10-8-13)28(26,27)15-5-3-14(20)4-6-15/h3-6,12-13H,2,7-11H2,1H3,(H,21,25). The number of benzene rings is 1. The minimum Gasteiger partial charge on any atom is -0.350 e. The smallest absolute Gasteiger partial charge is 0.243 e. The Hall–Kier alpha value is -1.42. The fourth-order valence-electron chi connectivity index (χ4n) is 3.15. The van der Waals surface area contributed by atoms with Crippen LogP contribution in [0.1, 0.15) is 25.5 Å². The highest BCUT2D eigenvalue weighted by Crippen LogP contribution is 2.25. The summed E-state index contributed by atoms with van der Waals surface area (Å²) in [5, 5.41) is 7.79. The molecule has 28 heavy (non-hydrogen) atoms. The van der Waals surface area contributed by atoms with Gasteiger partial charge in [-0.15, -0.1) is 0 Å². The van der Waals surface area contributed by atoms with Crippen LogP contribution in [0.5, 0.6) is 0 Å². The Kier molecular flexibility index (Phi) is 6.80. The zero-order valence-corrected chi connectivity index (χ0v) is 18.6. The van der Waals surface area contributed by atoms with Crippen LogP contribution in [0.25, 0.3) is 0 Å². The number of carbonyl (C=O) groups is 1. The molecule has 1 N–H and O–H groups in total. The van der Waals surface area contributed by atoms with Gasteiger partial charge in [-0.05, 0) is 60.0 Å². The van der Waals surface area contributed by atoms with Gasteiger partial charge in [0.25, 0.3) is 0 Å². The maximum Gasteiger partial charge on any atom is 0.243 e. The van der Waals surface area contributed by atoms with Crippen LogP contribution in [0.15, 0.2) is 39.8 Å². The average molecular weight is 490 g/mol. The number of rotatable bonds is 6. The third-order valence-corrected chi connectivity index (χ3v) is 7.64. The number of halogens is 2. The summed E-state index contributed by atoms with van der Waals surface area (Å²) >= 11 is 9.28. The molecule has 0 atom stereocenters. The molecular weight excluding hydrogens is 468 g/mol. The van der Waals surface area contributed by atoms with E-state index in [1.807, 2.05) is 13.1 Å². The summed E-state index contributed by atoms with van der Waals surface area (Å²) in [5.74, 6) is -0.273. The van der Waals surface area contributed by atoms with Crippen molar-refractivity contribution in [1.82, 2.24) is 19.4 Å². The summed E-state index contributed by atoms with van der Waals surface area (Å²) in [6.07, 6.45) is 2.86. The fourth-order valence-corrected chi connectivity index (χ4v) is 5.20. The van der Waals surface area contributed by atoms with E-state index in [-0.39, 0.29) is 16.7 Å². The van der Waals surface area contributed by atoms with Crippen molar-refractivity contribution < 1.29 is 13.2 Å². The first kappa shape index (κ1) is 21.3. The second-order valence-corrected chi connectivity index (χ2v) is 9.86. The fraction of sp³-hybridized carbons (Fsp3) is 0.444. The topological polar surface area (TPSA) is 84.3 Å². The summed E-state index contributed by atoms with van der Waals surface area (Å²) in [6.45, 7) is 3.73. The van der Waals surface area contributed by atoms with E-state index in [2.05, 4.69) is 26.3 Å². The van der Waals surface area contributed by atoms with E-state index in [1.165, 1.54) is 16.4 Å². The van der Waals surface area contributed by atoms with Gasteiger partial charge in [0.1, 0.15) is 0 Å². The Morgan fingerprint density at radius 2 is 1.93 bits per heavy atom. The molecule has 0 bridgehead atoms. The summed E-state index contributed by atoms with van der Waals surface area (Å²) in [6, 6.07) is 6.13. The Labute approximate surface area is 178 Å². The van der Waals surface area contributed by atoms with Crippen LogP contribution in [0.3, 0.4) is 0 Å². The predicted octanol–water partition coefficient (Wildman–Crippen LogP) is 3.04. The minimum absolute atomic E-state index is 0.0681.